The van der Waals surface area contributed by atoms with E-state index < -0.39 is 0 Å². The Bertz CT molecular complexity index is 131. The SMILES string of the molecule is CCCC(N)CCCCCNCCCCO. The molecule has 0 fully saturated rings. The van der Waals surface area contributed by atoms with Crippen LogP contribution in [0.25, 0.3) is 0 Å². The minimum Gasteiger partial charge on any atom is -0.396 e. The maximum Gasteiger partial charge on any atom is 0.0431 e. The van der Waals surface area contributed by atoms with Gasteiger partial charge in [-0.15, -0.1) is 0 Å². The van der Waals surface area contributed by atoms with Crippen molar-refractivity contribution in [3.05, 3.63) is 0 Å². The smallest absolute Gasteiger partial charge is 0.0431 e. The molecule has 0 amide bonds. The standard InChI is InChI=1S/C13H30N2O/c1-2-8-13(14)9-4-3-5-10-15-11-6-7-12-16/h13,15-16H,2-12,14H2,1H3. The quantitative estimate of drug-likeness (QED) is 0.450. The molecule has 1 atom stereocenters. The topological polar surface area (TPSA) is 58.3 Å². The highest BCUT2D eigenvalue weighted by Crippen LogP contribution is 2.05. The third-order valence-electron chi connectivity index (χ3n) is 2.85. The van der Waals surface area contributed by atoms with Crippen molar-refractivity contribution in [1.29, 1.82) is 0 Å². The summed E-state index contributed by atoms with van der Waals surface area (Å²) in [4.78, 5) is 0. The first-order chi connectivity index (χ1) is 7.81. The van der Waals surface area contributed by atoms with Gasteiger partial charge in [0.25, 0.3) is 0 Å². The fourth-order valence-corrected chi connectivity index (χ4v) is 1.84. The van der Waals surface area contributed by atoms with Crippen molar-refractivity contribution in [2.45, 2.75) is 64.3 Å². The predicted molar refractivity (Wildman–Crippen MR) is 70.5 cm³/mol. The Morgan fingerprint density at radius 1 is 1.00 bits per heavy atom. The van der Waals surface area contributed by atoms with Crippen molar-refractivity contribution in [3.63, 3.8) is 0 Å². The molecule has 1 unspecified atom stereocenters. The maximum absolute atomic E-state index is 8.59. The number of aliphatic hydroxyl groups excluding tert-OH is 1. The molecule has 0 heterocycles. The van der Waals surface area contributed by atoms with E-state index in [1.165, 1.54) is 38.5 Å². The van der Waals surface area contributed by atoms with Gasteiger partial charge in [-0.05, 0) is 45.2 Å². The largest absolute Gasteiger partial charge is 0.396 e. The Morgan fingerprint density at radius 3 is 2.31 bits per heavy atom. The number of unbranched alkanes of at least 4 members (excludes halogenated alkanes) is 3. The number of rotatable bonds is 12. The van der Waals surface area contributed by atoms with Gasteiger partial charge in [0.2, 0.25) is 0 Å². The second kappa shape index (κ2) is 12.9. The summed E-state index contributed by atoms with van der Waals surface area (Å²) in [5.41, 5.74) is 5.94. The Hall–Kier alpha value is -0.120. The number of aliphatic hydroxyl groups is 1. The fraction of sp³-hybridized carbons (Fsp3) is 1.00. The van der Waals surface area contributed by atoms with Crippen LogP contribution in [0.3, 0.4) is 0 Å². The second-order valence-corrected chi connectivity index (χ2v) is 4.58. The van der Waals surface area contributed by atoms with E-state index in [1.54, 1.807) is 0 Å². The van der Waals surface area contributed by atoms with Gasteiger partial charge >= 0.3 is 0 Å². The van der Waals surface area contributed by atoms with E-state index >= 15 is 0 Å². The third-order valence-corrected chi connectivity index (χ3v) is 2.85. The molecule has 0 spiro atoms. The first-order valence-corrected chi connectivity index (χ1v) is 6.88. The lowest BCUT2D eigenvalue weighted by atomic mass is 10.1. The van der Waals surface area contributed by atoms with Gasteiger partial charge in [0, 0.05) is 12.6 Å². The average Bonchev–Trinajstić information content (AvgIpc) is 2.27. The van der Waals surface area contributed by atoms with Crippen LogP contribution < -0.4 is 11.1 Å². The van der Waals surface area contributed by atoms with Crippen LogP contribution in [0.1, 0.15) is 58.3 Å². The zero-order valence-corrected chi connectivity index (χ0v) is 10.9. The van der Waals surface area contributed by atoms with E-state index in [9.17, 15) is 0 Å². The molecular weight excluding hydrogens is 200 g/mol. The molecule has 0 aliphatic rings. The zero-order valence-electron chi connectivity index (χ0n) is 10.9. The highest BCUT2D eigenvalue weighted by Gasteiger charge is 1.99. The van der Waals surface area contributed by atoms with Crippen LogP contribution in [-0.4, -0.2) is 30.8 Å². The molecule has 0 aromatic heterocycles. The molecule has 0 saturated heterocycles. The average molecular weight is 230 g/mol. The summed E-state index contributed by atoms with van der Waals surface area (Å²) in [7, 11) is 0. The van der Waals surface area contributed by atoms with Gasteiger partial charge in [-0.2, -0.15) is 0 Å². The Balaban J connectivity index is 2.98. The van der Waals surface area contributed by atoms with E-state index in [1.807, 2.05) is 0 Å². The summed E-state index contributed by atoms with van der Waals surface area (Å²) in [5, 5.41) is 12.0. The van der Waals surface area contributed by atoms with Gasteiger partial charge in [-0.3, -0.25) is 0 Å². The lowest BCUT2D eigenvalue weighted by Crippen LogP contribution is -2.19. The normalized spacial score (nSPS) is 12.9. The molecule has 3 nitrogen and oxygen atoms in total. The van der Waals surface area contributed by atoms with Gasteiger partial charge in [0.1, 0.15) is 0 Å². The van der Waals surface area contributed by atoms with Crippen LogP contribution in [-0.2, 0) is 0 Å². The van der Waals surface area contributed by atoms with Gasteiger partial charge in [-0.25, -0.2) is 0 Å². The molecule has 16 heavy (non-hydrogen) atoms. The van der Waals surface area contributed by atoms with E-state index in [4.69, 9.17) is 10.8 Å². The molecule has 0 saturated carbocycles. The van der Waals surface area contributed by atoms with Crippen LogP contribution in [0.4, 0.5) is 0 Å². The molecule has 0 rings (SSSR count). The monoisotopic (exact) mass is 230 g/mol. The molecule has 0 bridgehead atoms. The van der Waals surface area contributed by atoms with E-state index in [0.717, 1.165) is 25.9 Å². The Morgan fingerprint density at radius 2 is 1.69 bits per heavy atom. The predicted octanol–water partition coefficient (Wildman–Crippen LogP) is 2.04. The molecule has 0 aliphatic heterocycles. The van der Waals surface area contributed by atoms with E-state index in [2.05, 4.69) is 12.2 Å². The van der Waals surface area contributed by atoms with Crippen molar-refractivity contribution < 1.29 is 5.11 Å². The summed E-state index contributed by atoms with van der Waals surface area (Å²) in [5.74, 6) is 0. The van der Waals surface area contributed by atoms with Crippen LogP contribution in [0.15, 0.2) is 0 Å². The molecule has 0 aromatic rings. The van der Waals surface area contributed by atoms with Gasteiger partial charge in [0.15, 0.2) is 0 Å². The minimum atomic E-state index is 0.316. The number of nitrogens with two attached hydrogens (primary N) is 1. The van der Waals surface area contributed by atoms with E-state index in [0.29, 0.717) is 12.6 Å². The Labute approximate surface area is 101 Å². The van der Waals surface area contributed by atoms with Crippen molar-refractivity contribution in [2.24, 2.45) is 5.73 Å². The Kier molecular flexibility index (Phi) is 12.9. The summed E-state index contributed by atoms with van der Waals surface area (Å²) < 4.78 is 0. The highest BCUT2D eigenvalue weighted by atomic mass is 16.2. The van der Waals surface area contributed by atoms with Gasteiger partial charge in [0.05, 0.1) is 0 Å². The van der Waals surface area contributed by atoms with Crippen LogP contribution in [0.2, 0.25) is 0 Å². The first kappa shape index (κ1) is 15.9. The summed E-state index contributed by atoms with van der Waals surface area (Å²) in [6.45, 7) is 4.65. The lowest BCUT2D eigenvalue weighted by Gasteiger charge is -2.09. The number of nitrogens with one attached hydrogen (secondary N) is 1. The first-order valence-electron chi connectivity index (χ1n) is 6.88. The number of hydrogen-bond donors (Lipinski definition) is 3. The summed E-state index contributed by atoms with van der Waals surface area (Å²) in [6.07, 6.45) is 9.34. The molecule has 3 heteroatoms. The van der Waals surface area contributed by atoms with E-state index in [-0.39, 0.29) is 0 Å². The summed E-state index contributed by atoms with van der Waals surface area (Å²) in [6, 6.07) is 0.419. The van der Waals surface area contributed by atoms with Crippen LogP contribution in [0, 0.1) is 0 Å². The molecular formula is C13H30N2O. The number of hydrogen-bond acceptors (Lipinski definition) is 3. The van der Waals surface area contributed by atoms with Crippen LogP contribution in [0.5, 0.6) is 0 Å². The van der Waals surface area contributed by atoms with Crippen molar-refractivity contribution in [3.8, 4) is 0 Å². The van der Waals surface area contributed by atoms with Crippen molar-refractivity contribution >= 4 is 0 Å². The van der Waals surface area contributed by atoms with Gasteiger partial charge in [-0.1, -0.05) is 26.2 Å². The highest BCUT2D eigenvalue weighted by molar-refractivity contribution is 4.60. The fourth-order valence-electron chi connectivity index (χ4n) is 1.84. The molecule has 0 aromatic carbocycles. The van der Waals surface area contributed by atoms with Crippen LogP contribution >= 0.6 is 0 Å². The lowest BCUT2D eigenvalue weighted by molar-refractivity contribution is 0.283. The van der Waals surface area contributed by atoms with Crippen molar-refractivity contribution in [1.82, 2.24) is 5.32 Å². The molecule has 98 valence electrons. The minimum absolute atomic E-state index is 0.316. The molecule has 0 radical (unpaired) electrons. The molecule has 0 aliphatic carbocycles. The van der Waals surface area contributed by atoms with Crippen molar-refractivity contribution in [2.75, 3.05) is 19.7 Å². The zero-order chi connectivity index (χ0) is 12.1. The summed E-state index contributed by atoms with van der Waals surface area (Å²) >= 11 is 0. The maximum atomic E-state index is 8.59. The molecule has 4 N–H and O–H groups in total. The second-order valence-electron chi connectivity index (χ2n) is 4.58. The van der Waals surface area contributed by atoms with Gasteiger partial charge < -0.3 is 16.2 Å². The third kappa shape index (κ3) is 12.0.